The molecule has 17 heavy (non-hydrogen) atoms. The predicted molar refractivity (Wildman–Crippen MR) is 63.9 cm³/mol. The summed E-state index contributed by atoms with van der Waals surface area (Å²) < 4.78 is 12.9. The Labute approximate surface area is 101 Å². The summed E-state index contributed by atoms with van der Waals surface area (Å²) in [6, 6.07) is 6.29. The molecule has 0 aliphatic carbocycles. The van der Waals surface area contributed by atoms with Crippen molar-refractivity contribution in [3.8, 4) is 0 Å². The molecule has 1 aromatic rings. The van der Waals surface area contributed by atoms with Crippen LogP contribution in [0.25, 0.3) is 0 Å². The average molecular weight is 236 g/mol. The fraction of sp³-hybridized carbons (Fsp3) is 0.462. The molecule has 1 saturated heterocycles. The van der Waals surface area contributed by atoms with Crippen molar-refractivity contribution in [3.05, 3.63) is 35.6 Å². The van der Waals surface area contributed by atoms with Crippen LogP contribution in [-0.2, 0) is 11.3 Å². The van der Waals surface area contributed by atoms with E-state index in [-0.39, 0.29) is 11.7 Å². The van der Waals surface area contributed by atoms with Gasteiger partial charge in [-0.2, -0.15) is 0 Å². The molecule has 1 fully saturated rings. The third-order valence-corrected chi connectivity index (χ3v) is 2.98. The number of hydrogen-bond acceptors (Lipinski definition) is 2. The Morgan fingerprint density at radius 1 is 1.41 bits per heavy atom. The highest BCUT2D eigenvalue weighted by molar-refractivity contribution is 5.76. The number of likely N-dealkylation sites (tertiary alicyclic amines) is 1. The first-order chi connectivity index (χ1) is 8.24. The Kier molecular flexibility index (Phi) is 4.09. The third-order valence-electron chi connectivity index (χ3n) is 2.98. The molecule has 0 bridgehead atoms. The van der Waals surface area contributed by atoms with E-state index >= 15 is 0 Å². The molecule has 0 atom stereocenters. The van der Waals surface area contributed by atoms with Crippen LogP contribution >= 0.6 is 0 Å². The van der Waals surface area contributed by atoms with E-state index in [2.05, 4.69) is 10.2 Å². The second-order valence-corrected chi connectivity index (χ2v) is 4.35. The van der Waals surface area contributed by atoms with Gasteiger partial charge in [-0.15, -0.1) is 0 Å². The molecular formula is C13H17FN2O. The summed E-state index contributed by atoms with van der Waals surface area (Å²) in [7, 11) is 0. The zero-order valence-electron chi connectivity index (χ0n) is 9.79. The number of carbonyl (C=O) groups excluding carboxylic acids is 1. The molecule has 0 unspecified atom stereocenters. The highest BCUT2D eigenvalue weighted by atomic mass is 19.1. The molecule has 0 saturated carbocycles. The second kappa shape index (κ2) is 5.77. The van der Waals surface area contributed by atoms with E-state index in [4.69, 9.17) is 0 Å². The number of amides is 1. The number of nitrogens with one attached hydrogen (secondary N) is 1. The van der Waals surface area contributed by atoms with Gasteiger partial charge in [-0.05, 0) is 37.2 Å². The lowest BCUT2D eigenvalue weighted by Crippen LogP contribution is -2.39. The molecule has 1 N–H and O–H groups in total. The zero-order chi connectivity index (χ0) is 12.1. The summed E-state index contributed by atoms with van der Waals surface area (Å²) in [5.41, 5.74) is 0.794. The average Bonchev–Trinajstić information content (AvgIpc) is 2.24. The van der Waals surface area contributed by atoms with Crippen LogP contribution in [0, 0.1) is 5.82 Å². The maximum Gasteiger partial charge on any atom is 0.221 e. The summed E-state index contributed by atoms with van der Waals surface area (Å²) in [5.74, 6) is -0.238. The van der Waals surface area contributed by atoms with E-state index in [1.54, 1.807) is 12.1 Å². The van der Waals surface area contributed by atoms with Crippen molar-refractivity contribution in [2.75, 3.05) is 19.6 Å². The van der Waals surface area contributed by atoms with Crippen LogP contribution < -0.4 is 5.32 Å². The van der Waals surface area contributed by atoms with Gasteiger partial charge in [0.1, 0.15) is 5.82 Å². The largest absolute Gasteiger partial charge is 0.352 e. The molecule has 0 radical (unpaired) electrons. The standard InChI is InChI=1S/C13H17FN2O/c14-12-4-1-3-11(9-12)10-15-13(17)5-8-16-6-2-7-16/h1,3-4,9H,2,5-8,10H2,(H,15,17). The molecule has 1 aliphatic heterocycles. The van der Waals surface area contributed by atoms with E-state index in [1.165, 1.54) is 18.6 Å². The lowest BCUT2D eigenvalue weighted by atomic mass is 10.2. The molecule has 1 amide bonds. The smallest absolute Gasteiger partial charge is 0.221 e. The summed E-state index contributed by atoms with van der Waals surface area (Å²) in [5, 5.41) is 2.80. The van der Waals surface area contributed by atoms with E-state index in [0.717, 1.165) is 25.2 Å². The Morgan fingerprint density at radius 2 is 2.24 bits per heavy atom. The second-order valence-electron chi connectivity index (χ2n) is 4.35. The van der Waals surface area contributed by atoms with Crippen LogP contribution in [-0.4, -0.2) is 30.4 Å². The van der Waals surface area contributed by atoms with Gasteiger partial charge in [-0.1, -0.05) is 12.1 Å². The number of nitrogens with zero attached hydrogens (tertiary/aromatic N) is 1. The quantitative estimate of drug-likeness (QED) is 0.841. The van der Waals surface area contributed by atoms with Gasteiger partial charge in [0.2, 0.25) is 5.91 Å². The SMILES string of the molecule is O=C(CCN1CCC1)NCc1cccc(F)c1. The lowest BCUT2D eigenvalue weighted by molar-refractivity contribution is -0.121. The normalized spacial score (nSPS) is 15.4. The highest BCUT2D eigenvalue weighted by Crippen LogP contribution is 2.06. The number of benzene rings is 1. The summed E-state index contributed by atoms with van der Waals surface area (Å²) in [6.07, 6.45) is 1.76. The van der Waals surface area contributed by atoms with Gasteiger partial charge >= 0.3 is 0 Å². The Morgan fingerprint density at radius 3 is 2.88 bits per heavy atom. The van der Waals surface area contributed by atoms with Crippen molar-refractivity contribution in [2.45, 2.75) is 19.4 Å². The van der Waals surface area contributed by atoms with Crippen molar-refractivity contribution in [1.29, 1.82) is 0 Å². The van der Waals surface area contributed by atoms with Crippen LogP contribution in [0.3, 0.4) is 0 Å². The minimum Gasteiger partial charge on any atom is -0.352 e. The number of rotatable bonds is 5. The maximum atomic E-state index is 12.9. The molecule has 92 valence electrons. The monoisotopic (exact) mass is 236 g/mol. The summed E-state index contributed by atoms with van der Waals surface area (Å²) >= 11 is 0. The van der Waals surface area contributed by atoms with Crippen LogP contribution in [0.5, 0.6) is 0 Å². The maximum absolute atomic E-state index is 12.9. The van der Waals surface area contributed by atoms with E-state index in [1.807, 2.05) is 0 Å². The third kappa shape index (κ3) is 3.82. The molecule has 2 rings (SSSR count). The van der Waals surface area contributed by atoms with E-state index < -0.39 is 0 Å². The molecular weight excluding hydrogens is 219 g/mol. The van der Waals surface area contributed by atoms with Gasteiger partial charge in [-0.25, -0.2) is 4.39 Å². The van der Waals surface area contributed by atoms with Crippen molar-refractivity contribution in [3.63, 3.8) is 0 Å². The van der Waals surface area contributed by atoms with Gasteiger partial charge in [0, 0.05) is 19.5 Å². The topological polar surface area (TPSA) is 32.3 Å². The van der Waals surface area contributed by atoms with Crippen LogP contribution in [0.4, 0.5) is 4.39 Å². The molecule has 4 heteroatoms. The number of carbonyl (C=O) groups is 1. The van der Waals surface area contributed by atoms with Crippen LogP contribution in [0.2, 0.25) is 0 Å². The van der Waals surface area contributed by atoms with E-state index in [0.29, 0.717) is 13.0 Å². The molecule has 1 aliphatic rings. The summed E-state index contributed by atoms with van der Waals surface area (Å²) in [4.78, 5) is 13.8. The first kappa shape index (κ1) is 12.0. The fourth-order valence-electron chi connectivity index (χ4n) is 1.80. The molecule has 0 aromatic heterocycles. The molecule has 3 nitrogen and oxygen atoms in total. The first-order valence-electron chi connectivity index (χ1n) is 5.97. The highest BCUT2D eigenvalue weighted by Gasteiger charge is 2.14. The Hall–Kier alpha value is -1.42. The van der Waals surface area contributed by atoms with Gasteiger partial charge < -0.3 is 10.2 Å². The van der Waals surface area contributed by atoms with Gasteiger partial charge in [0.05, 0.1) is 0 Å². The van der Waals surface area contributed by atoms with Crippen molar-refractivity contribution >= 4 is 5.91 Å². The van der Waals surface area contributed by atoms with Crippen LogP contribution in [0.1, 0.15) is 18.4 Å². The first-order valence-corrected chi connectivity index (χ1v) is 5.97. The zero-order valence-corrected chi connectivity index (χ0v) is 9.79. The van der Waals surface area contributed by atoms with Gasteiger partial charge in [0.15, 0.2) is 0 Å². The minimum atomic E-state index is -0.266. The molecule has 1 heterocycles. The Balaban J connectivity index is 1.68. The molecule has 1 aromatic carbocycles. The van der Waals surface area contributed by atoms with Crippen molar-refractivity contribution < 1.29 is 9.18 Å². The van der Waals surface area contributed by atoms with Gasteiger partial charge in [0.25, 0.3) is 0 Å². The molecule has 0 spiro atoms. The predicted octanol–water partition coefficient (Wildman–Crippen LogP) is 1.54. The fourth-order valence-corrected chi connectivity index (χ4v) is 1.80. The minimum absolute atomic E-state index is 0.0289. The lowest BCUT2D eigenvalue weighted by Gasteiger charge is -2.30. The van der Waals surface area contributed by atoms with E-state index in [9.17, 15) is 9.18 Å². The summed E-state index contributed by atoms with van der Waals surface area (Å²) in [6.45, 7) is 3.44. The van der Waals surface area contributed by atoms with Crippen molar-refractivity contribution in [2.24, 2.45) is 0 Å². The number of halogens is 1. The van der Waals surface area contributed by atoms with Gasteiger partial charge in [-0.3, -0.25) is 4.79 Å². The van der Waals surface area contributed by atoms with Crippen LogP contribution in [0.15, 0.2) is 24.3 Å². The Bertz CT molecular complexity index is 391. The number of hydrogen-bond donors (Lipinski definition) is 1. The van der Waals surface area contributed by atoms with Crippen molar-refractivity contribution in [1.82, 2.24) is 10.2 Å².